The van der Waals surface area contributed by atoms with E-state index in [4.69, 9.17) is 49.7 Å². The van der Waals surface area contributed by atoms with Crippen molar-refractivity contribution in [1.29, 1.82) is 4.78 Å². The van der Waals surface area contributed by atoms with Crippen molar-refractivity contribution in [3.63, 3.8) is 0 Å². The van der Waals surface area contributed by atoms with Crippen LogP contribution in [0.5, 0.6) is 0 Å². The van der Waals surface area contributed by atoms with Crippen molar-refractivity contribution in [3.05, 3.63) is 210 Å². The second-order valence-electron chi connectivity index (χ2n) is 34.4. The smallest absolute Gasteiger partial charge is 0.335 e. The van der Waals surface area contributed by atoms with E-state index in [0.717, 1.165) is 192 Å². The summed E-state index contributed by atoms with van der Waals surface area (Å²) in [6.07, 6.45) is 45.7. The Hall–Kier alpha value is -9.12. The van der Waals surface area contributed by atoms with Crippen LogP contribution in [0.4, 0.5) is 22.9 Å². The predicted octanol–water partition coefficient (Wildman–Crippen LogP) is 11.3. The number of likely N-dealkylation sites (tertiary alicyclic amines) is 1. The lowest BCUT2D eigenvalue weighted by molar-refractivity contribution is 0.316. The average Bonchev–Trinajstić information content (AvgIpc) is 1.58. The third-order valence-electron chi connectivity index (χ3n) is 26.4. The Bertz CT molecular complexity index is 5610. The number of nitrogens with zero attached hydrogens (tertiary/aromatic N) is 20. The van der Waals surface area contributed by atoms with E-state index < -0.39 is 41.5 Å². The molecule has 0 saturated carbocycles. The van der Waals surface area contributed by atoms with Crippen LogP contribution in [0, 0.1) is 11.7 Å². The Morgan fingerprint density at radius 3 is 1.24 bits per heavy atom. The molecule has 0 bridgehead atoms. The molecule has 0 aromatic carbocycles. The molecule has 0 spiro atoms. The summed E-state index contributed by atoms with van der Waals surface area (Å²) in [5.41, 5.74) is 28.6. The molecule has 4 fully saturated rings. The van der Waals surface area contributed by atoms with Gasteiger partial charge in [0.1, 0.15) is 46.2 Å². The van der Waals surface area contributed by atoms with Crippen molar-refractivity contribution >= 4 is 100 Å². The monoisotopic (exact) mass is 1730 g/mol. The first-order chi connectivity index (χ1) is 58.1. The number of nitrogens with one attached hydrogen (secondary N) is 1. The summed E-state index contributed by atoms with van der Waals surface area (Å²) in [7, 11) is -6.70. The number of fused-ring (bicyclic) bond motifs is 8. The Balaban J connectivity index is 0.000000119. The van der Waals surface area contributed by atoms with Crippen molar-refractivity contribution in [1.82, 2.24) is 77.6 Å². The van der Waals surface area contributed by atoms with Gasteiger partial charge in [-0.3, -0.25) is 9.97 Å². The largest absolute Gasteiger partial charge is 0.363 e. The summed E-state index contributed by atoms with van der Waals surface area (Å²) in [6.45, 7) is 20.1. The highest BCUT2D eigenvalue weighted by molar-refractivity contribution is 7.89. The lowest BCUT2D eigenvalue weighted by Gasteiger charge is -2.39. The minimum atomic E-state index is -3.13. The van der Waals surface area contributed by atoms with Crippen LogP contribution in [-0.2, 0) is 119 Å². The van der Waals surface area contributed by atoms with Crippen LogP contribution in [-0.4, -0.2) is 209 Å². The Morgan fingerprint density at radius 2 is 0.793 bits per heavy atom. The maximum Gasteiger partial charge on any atom is 0.335 e. The van der Waals surface area contributed by atoms with E-state index in [0.29, 0.717) is 80.4 Å². The molecular formula is C88H108ClN21O7S4. The fourth-order valence-electron chi connectivity index (χ4n) is 20.1. The second-order valence-corrected chi connectivity index (χ2v) is 41.1. The SMILES string of the molecule is C[C@@H]1Cc2ncnc(C3CCN(C)C3)c2CN1c1ccnc2c1C=CC2.C[C@@H]1Cc2ncnc(C3CCN(S(C)(=N)=O)CC3)c2CN1c1cc(Cl)nc2c1C=CC2.C[C@@H]1Cc2ncnc(C3CCN(S(C)(=O)=O)CC3)c2CN1c1nccc2c1C=CC2.Cc1cc(N2Cc3c(ncnc3C3CCN(S(C)(=O)=O)CC3)C[C@H]2C)c2c(n1)CC=C2.O=S=O. The maximum atomic E-state index is 12.1. The first-order valence-corrected chi connectivity index (χ1v) is 49.0. The number of sulfonamides is 2. The average molecular weight is 1740 g/mol. The molecular weight excluding hydrogens is 1630 g/mol. The highest BCUT2D eigenvalue weighted by Crippen LogP contribution is 2.45. The van der Waals surface area contributed by atoms with E-state index in [1.165, 1.54) is 104 Å². The molecule has 121 heavy (non-hydrogen) atoms. The fraction of sp³-hybridized carbons (Fsp3) is 0.500. The van der Waals surface area contributed by atoms with E-state index >= 15 is 0 Å². The molecule has 8 aliphatic heterocycles. The quantitative estimate of drug-likeness (QED) is 0.118. The number of likely N-dealkylation sites (N-methyl/N-ethyl adjacent to an activating group) is 1. The molecule has 8 aromatic heterocycles. The molecule has 4 saturated heterocycles. The van der Waals surface area contributed by atoms with Gasteiger partial charge in [0.2, 0.25) is 20.0 Å². The zero-order valence-corrected chi connectivity index (χ0v) is 74.4. The number of halogens is 1. The molecule has 0 radical (unpaired) electrons. The zero-order valence-electron chi connectivity index (χ0n) is 70.4. The van der Waals surface area contributed by atoms with E-state index in [2.05, 4.69) is 168 Å². The van der Waals surface area contributed by atoms with Crippen molar-refractivity contribution in [2.75, 3.05) is 97.8 Å². The van der Waals surface area contributed by atoms with Gasteiger partial charge >= 0.3 is 11.6 Å². The highest BCUT2D eigenvalue weighted by atomic mass is 35.5. The van der Waals surface area contributed by atoms with Crippen LogP contribution < -0.4 is 19.6 Å². The molecule has 8 aromatic rings. The van der Waals surface area contributed by atoms with E-state index in [1.54, 1.807) is 38.2 Å². The van der Waals surface area contributed by atoms with Crippen LogP contribution in [0.2, 0.25) is 5.15 Å². The molecule has 28 nitrogen and oxygen atoms in total. The number of hydrogen-bond donors (Lipinski definition) is 1. The third-order valence-corrected chi connectivity index (χ3v) is 30.6. The second kappa shape index (κ2) is 36.0. The summed E-state index contributed by atoms with van der Waals surface area (Å²) < 4.78 is 89.1. The van der Waals surface area contributed by atoms with E-state index in [1.807, 2.05) is 18.5 Å². The fourth-order valence-corrected chi connectivity index (χ4v) is 23.0. The van der Waals surface area contributed by atoms with Crippen LogP contribution in [0.1, 0.15) is 215 Å². The number of piperidine rings is 3. The first kappa shape index (κ1) is 85.4. The van der Waals surface area contributed by atoms with Gasteiger partial charge in [-0.1, -0.05) is 60.2 Å². The molecule has 2 unspecified atom stereocenters. The molecule has 16 heterocycles. The molecule has 0 amide bonds. The number of rotatable bonds is 11. The third kappa shape index (κ3) is 18.3. The van der Waals surface area contributed by atoms with Gasteiger partial charge in [-0.2, -0.15) is 8.42 Å². The van der Waals surface area contributed by atoms with Gasteiger partial charge in [-0.15, -0.1) is 0 Å². The number of anilines is 4. The predicted molar refractivity (Wildman–Crippen MR) is 474 cm³/mol. The lowest BCUT2D eigenvalue weighted by atomic mass is 9.87. The van der Waals surface area contributed by atoms with Crippen molar-refractivity contribution in [2.24, 2.45) is 0 Å². The number of hydrogen-bond acceptors (Lipinski definition) is 25. The van der Waals surface area contributed by atoms with Gasteiger partial charge in [-0.25, -0.2) is 88.6 Å². The standard InChI is InChI=1S/C23H29N5O2S.C22H27ClN6OS.C22H27N5O2S.C21H25N5.O2S/c1-15-11-22(18-5-4-6-20(18)26-15)28-13-19-21(12-16(28)2)24-14-25-23(19)17-7-9-27(10-8-17)31(3,29)30;1-14-10-19-17(12-29(14)20-11-21(23)27-18-5-3-4-16(18)20)22(26-13-25-19)15-6-8-28(9-7-15)31(2,24)30;1-15-12-20-19(13-27(15)22-18-5-3-4-16(18)6-9-23-22)21(25-14-24-20)17-7-10-26(11-8-17)30(2,28)29;1-14-10-19-17(21(24-13-23-19)15-7-9-25(2)11-15)12-26(14)20-6-8-22-18-5-3-4-16(18)20;1-3-2/h4-5,11,14,16-17H,6-10,12-13H2,1-3H3;3-4,11,13-15,24H,5-10,12H2,1-2H3;3,5-6,9,14-15,17H,4,7-8,10-13H2,1-2H3;3-4,6,8,13-15H,5,7,9-12H2,1-2H3;/t16-;14-,31?;15-;14-,15?;/m1111./s1. The molecule has 6 atom stereocenters. The summed E-state index contributed by atoms with van der Waals surface area (Å²) in [6, 6.07) is 9.81. The first-order valence-electron chi connectivity index (χ1n) is 42.3. The molecule has 638 valence electrons. The summed E-state index contributed by atoms with van der Waals surface area (Å²) in [5.74, 6) is 2.42. The van der Waals surface area contributed by atoms with Crippen LogP contribution in [0.3, 0.4) is 0 Å². The minimum absolute atomic E-state index is 0.268. The van der Waals surface area contributed by atoms with E-state index in [9.17, 15) is 21.0 Å². The van der Waals surface area contributed by atoms with Gasteiger partial charge in [0.15, 0.2) is 0 Å². The Morgan fingerprint density at radius 1 is 0.421 bits per heavy atom. The summed E-state index contributed by atoms with van der Waals surface area (Å²) >= 11 is 5.62. The maximum absolute atomic E-state index is 12.1. The molecule has 12 aliphatic rings. The normalized spacial score (nSPS) is 22.5. The van der Waals surface area contributed by atoms with Crippen LogP contribution >= 0.6 is 11.6 Å². The molecule has 1 N–H and O–H groups in total. The Labute approximate surface area is 719 Å². The topological polar surface area (TPSA) is 324 Å². The zero-order chi connectivity index (χ0) is 84.8. The van der Waals surface area contributed by atoms with Crippen molar-refractivity contribution in [2.45, 2.75) is 205 Å². The lowest BCUT2D eigenvalue weighted by Crippen LogP contribution is -2.41. The van der Waals surface area contributed by atoms with Crippen LogP contribution in [0.15, 0.2) is 86.3 Å². The van der Waals surface area contributed by atoms with Gasteiger partial charge in [0, 0.05) is 251 Å². The molecule has 33 heteroatoms. The minimum Gasteiger partial charge on any atom is -0.363 e. The van der Waals surface area contributed by atoms with Crippen LogP contribution in [0.25, 0.3) is 24.3 Å². The van der Waals surface area contributed by atoms with Crippen molar-refractivity contribution < 1.29 is 29.5 Å². The van der Waals surface area contributed by atoms with Gasteiger partial charge in [0.25, 0.3) is 0 Å². The van der Waals surface area contributed by atoms with Gasteiger partial charge in [0.05, 0.1) is 75.1 Å². The number of pyridine rings is 4. The number of aromatic nitrogens is 12. The molecule has 4 aliphatic carbocycles. The van der Waals surface area contributed by atoms with E-state index in [-0.39, 0.29) is 11.8 Å². The van der Waals surface area contributed by atoms with Gasteiger partial charge < -0.3 is 24.5 Å². The summed E-state index contributed by atoms with van der Waals surface area (Å²) in [4.78, 5) is 68.1. The van der Waals surface area contributed by atoms with Crippen molar-refractivity contribution in [3.8, 4) is 0 Å². The number of aryl methyl sites for hydroxylation is 1. The highest BCUT2D eigenvalue weighted by Gasteiger charge is 2.40. The summed E-state index contributed by atoms with van der Waals surface area (Å²) in [5, 5.41) is 0.533. The number of allylic oxidation sites excluding steroid dienone is 4. The Kier molecular flexibility index (Phi) is 25.4. The molecule has 20 rings (SSSR count). The van der Waals surface area contributed by atoms with Gasteiger partial charge in [-0.05, 0) is 129 Å².